The first-order valence-corrected chi connectivity index (χ1v) is 8.89. The number of halogens is 5. The lowest BCUT2D eigenvalue weighted by atomic mass is 9.97. The number of benzene rings is 2. The lowest BCUT2D eigenvalue weighted by Gasteiger charge is -2.14. The molecule has 30 heavy (non-hydrogen) atoms. The van der Waals surface area contributed by atoms with Crippen molar-refractivity contribution in [1.29, 1.82) is 0 Å². The van der Waals surface area contributed by atoms with E-state index in [9.17, 15) is 26.7 Å². The van der Waals surface area contributed by atoms with Crippen molar-refractivity contribution in [2.75, 3.05) is 13.2 Å². The zero-order valence-corrected chi connectivity index (χ0v) is 15.4. The van der Waals surface area contributed by atoms with E-state index in [2.05, 4.69) is 21.9 Å². The van der Waals surface area contributed by atoms with E-state index in [0.717, 1.165) is 18.2 Å². The summed E-state index contributed by atoms with van der Waals surface area (Å²) in [6, 6.07) is 8.09. The molecule has 9 heteroatoms. The van der Waals surface area contributed by atoms with Gasteiger partial charge >= 0.3 is 12.8 Å². The number of alkyl halides is 5. The molecule has 3 rings (SSSR count). The second-order valence-corrected chi connectivity index (χ2v) is 6.44. The highest BCUT2D eigenvalue weighted by Crippen LogP contribution is 2.38. The van der Waals surface area contributed by atoms with E-state index in [4.69, 9.17) is 4.74 Å². The highest BCUT2D eigenvalue weighted by Gasteiger charge is 2.34. The summed E-state index contributed by atoms with van der Waals surface area (Å²) < 4.78 is 74.5. The van der Waals surface area contributed by atoms with Gasteiger partial charge in [0, 0.05) is 18.1 Å². The molecule has 158 valence electrons. The van der Waals surface area contributed by atoms with Crippen LogP contribution in [-0.4, -0.2) is 31.8 Å². The fourth-order valence-electron chi connectivity index (χ4n) is 2.92. The van der Waals surface area contributed by atoms with Gasteiger partial charge in [0.25, 0.3) is 5.91 Å². The van der Waals surface area contributed by atoms with Crippen molar-refractivity contribution in [3.05, 3.63) is 53.6 Å². The molecule has 1 aliphatic heterocycles. The molecule has 1 aliphatic rings. The van der Waals surface area contributed by atoms with E-state index in [-0.39, 0.29) is 28.5 Å². The van der Waals surface area contributed by atoms with Crippen molar-refractivity contribution < 1.29 is 36.2 Å². The van der Waals surface area contributed by atoms with Crippen LogP contribution in [0.2, 0.25) is 0 Å². The highest BCUT2D eigenvalue weighted by atomic mass is 19.4. The first-order valence-electron chi connectivity index (χ1n) is 8.89. The van der Waals surface area contributed by atoms with Crippen LogP contribution in [0.4, 0.5) is 22.0 Å². The molecule has 2 aromatic rings. The maximum absolute atomic E-state index is 13.6. The van der Waals surface area contributed by atoms with Gasteiger partial charge in [-0.25, -0.2) is 0 Å². The standard InChI is InChI=1S/C21H16F5NO3/c22-20(23)30-16-5-3-14(4-6-16)17-7-1-13(11-18(17)21(24,25)26)2-8-19(28)27-15-9-10-29-12-15/h1,3-7,11,15,20H,9-10,12H2,(H,27,28)/t15-/m0/s1. The van der Waals surface area contributed by atoms with Gasteiger partial charge in [-0.1, -0.05) is 24.1 Å². The van der Waals surface area contributed by atoms with Gasteiger partial charge in [0.2, 0.25) is 0 Å². The average Bonchev–Trinajstić information content (AvgIpc) is 3.19. The van der Waals surface area contributed by atoms with Crippen molar-refractivity contribution >= 4 is 5.91 Å². The predicted molar refractivity (Wildman–Crippen MR) is 97.8 cm³/mol. The van der Waals surface area contributed by atoms with Crippen molar-refractivity contribution in [3.63, 3.8) is 0 Å². The highest BCUT2D eigenvalue weighted by molar-refractivity contribution is 5.94. The molecule has 0 saturated carbocycles. The molecule has 0 radical (unpaired) electrons. The fraction of sp³-hybridized carbons (Fsp3) is 0.286. The SMILES string of the molecule is O=C(C#Cc1ccc(-c2ccc(OC(F)F)cc2)c(C(F)(F)F)c1)N[C@H]1CCOC1. The molecule has 0 spiro atoms. The topological polar surface area (TPSA) is 47.6 Å². The van der Waals surface area contributed by atoms with E-state index in [0.29, 0.717) is 19.6 Å². The average molecular weight is 425 g/mol. The number of hydrogen-bond acceptors (Lipinski definition) is 3. The Bertz CT molecular complexity index is 955. The van der Waals surface area contributed by atoms with Gasteiger partial charge in [-0.05, 0) is 41.8 Å². The normalized spacial score (nSPS) is 16.1. The molecular weight excluding hydrogens is 409 g/mol. The van der Waals surface area contributed by atoms with Crippen molar-refractivity contribution in [1.82, 2.24) is 5.32 Å². The van der Waals surface area contributed by atoms with E-state index in [1.807, 2.05) is 0 Å². The fourth-order valence-corrected chi connectivity index (χ4v) is 2.92. The second-order valence-electron chi connectivity index (χ2n) is 6.44. The molecule has 1 heterocycles. The minimum absolute atomic E-state index is 0.0153. The van der Waals surface area contributed by atoms with Crippen LogP contribution in [-0.2, 0) is 15.7 Å². The number of hydrogen-bond donors (Lipinski definition) is 1. The molecule has 1 saturated heterocycles. The summed E-state index contributed by atoms with van der Waals surface area (Å²) in [5.41, 5.74) is -0.922. The molecule has 1 fully saturated rings. The van der Waals surface area contributed by atoms with Crippen molar-refractivity contribution in [3.8, 4) is 28.7 Å². The van der Waals surface area contributed by atoms with Gasteiger partial charge in [0.05, 0.1) is 18.2 Å². The molecule has 0 aliphatic carbocycles. The second kappa shape index (κ2) is 9.13. The summed E-state index contributed by atoms with van der Waals surface area (Å²) in [4.78, 5) is 11.8. The first-order chi connectivity index (χ1) is 14.2. The predicted octanol–water partition coefficient (Wildman–Crippen LogP) is 4.23. The Labute approximate surface area is 169 Å². The van der Waals surface area contributed by atoms with Crippen LogP contribution in [0.1, 0.15) is 17.5 Å². The number of carbonyl (C=O) groups is 1. The Morgan fingerprint density at radius 1 is 1.17 bits per heavy atom. The third-order valence-corrected chi connectivity index (χ3v) is 4.30. The molecule has 2 aromatic carbocycles. The summed E-state index contributed by atoms with van der Waals surface area (Å²) in [5, 5.41) is 2.62. The van der Waals surface area contributed by atoms with E-state index in [1.54, 1.807) is 0 Å². The Hall–Kier alpha value is -3.12. The Balaban J connectivity index is 1.84. The summed E-state index contributed by atoms with van der Waals surface area (Å²) in [6.07, 6.45) is -4.03. The smallest absolute Gasteiger partial charge is 0.417 e. The van der Waals surface area contributed by atoms with Crippen molar-refractivity contribution in [2.24, 2.45) is 0 Å². The van der Waals surface area contributed by atoms with E-state index >= 15 is 0 Å². The zero-order chi connectivity index (χ0) is 21.7. The Kier molecular flexibility index (Phi) is 6.57. The lowest BCUT2D eigenvalue weighted by molar-refractivity contribution is -0.137. The van der Waals surface area contributed by atoms with Gasteiger partial charge in [-0.3, -0.25) is 4.79 Å². The van der Waals surface area contributed by atoms with Crippen LogP contribution in [0.5, 0.6) is 5.75 Å². The van der Waals surface area contributed by atoms with Gasteiger partial charge in [-0.2, -0.15) is 22.0 Å². The van der Waals surface area contributed by atoms with Crippen LogP contribution < -0.4 is 10.1 Å². The van der Waals surface area contributed by atoms with Crippen LogP contribution in [0.25, 0.3) is 11.1 Å². The maximum Gasteiger partial charge on any atom is 0.417 e. The number of rotatable bonds is 4. The Morgan fingerprint density at radius 3 is 2.50 bits per heavy atom. The minimum atomic E-state index is -4.69. The number of nitrogens with one attached hydrogen (secondary N) is 1. The monoisotopic (exact) mass is 425 g/mol. The van der Waals surface area contributed by atoms with E-state index in [1.165, 1.54) is 24.3 Å². The molecule has 1 N–H and O–H groups in total. The maximum atomic E-state index is 13.6. The lowest BCUT2D eigenvalue weighted by Crippen LogP contribution is -2.34. The van der Waals surface area contributed by atoms with Crippen LogP contribution in [0.15, 0.2) is 42.5 Å². The van der Waals surface area contributed by atoms with Gasteiger partial charge in [0.15, 0.2) is 0 Å². The van der Waals surface area contributed by atoms with Crippen LogP contribution >= 0.6 is 0 Å². The molecule has 0 aromatic heterocycles. The van der Waals surface area contributed by atoms with Gasteiger partial charge < -0.3 is 14.8 Å². The first kappa shape index (κ1) is 21.6. The van der Waals surface area contributed by atoms with Crippen molar-refractivity contribution in [2.45, 2.75) is 25.3 Å². The number of ether oxygens (including phenoxy) is 2. The molecule has 0 bridgehead atoms. The minimum Gasteiger partial charge on any atom is -0.435 e. The quantitative estimate of drug-likeness (QED) is 0.589. The summed E-state index contributed by atoms with van der Waals surface area (Å²) in [6.45, 7) is -2.12. The Morgan fingerprint density at radius 2 is 1.90 bits per heavy atom. The molecular formula is C21H16F5NO3. The molecule has 4 nitrogen and oxygen atoms in total. The summed E-state index contributed by atoms with van der Waals surface area (Å²) in [7, 11) is 0. The number of amides is 1. The third-order valence-electron chi connectivity index (χ3n) is 4.30. The summed E-state index contributed by atoms with van der Waals surface area (Å²) in [5.74, 6) is 3.95. The largest absolute Gasteiger partial charge is 0.435 e. The third kappa shape index (κ3) is 5.70. The summed E-state index contributed by atoms with van der Waals surface area (Å²) >= 11 is 0. The van der Waals surface area contributed by atoms with Gasteiger partial charge in [-0.15, -0.1) is 0 Å². The molecule has 1 atom stereocenters. The number of carbonyl (C=O) groups excluding carboxylic acids is 1. The van der Waals surface area contributed by atoms with Crippen LogP contribution in [0, 0.1) is 11.8 Å². The van der Waals surface area contributed by atoms with E-state index < -0.39 is 24.3 Å². The zero-order valence-electron chi connectivity index (χ0n) is 15.4. The molecule has 0 unspecified atom stereocenters. The van der Waals surface area contributed by atoms with Gasteiger partial charge in [0.1, 0.15) is 5.75 Å². The molecule has 1 amide bonds. The van der Waals surface area contributed by atoms with Crippen LogP contribution in [0.3, 0.4) is 0 Å².